The van der Waals surface area contributed by atoms with E-state index in [2.05, 4.69) is 21.7 Å². The van der Waals surface area contributed by atoms with Crippen molar-refractivity contribution in [1.29, 1.82) is 0 Å². The second kappa shape index (κ2) is 8.84. The van der Waals surface area contributed by atoms with E-state index in [4.69, 9.17) is 0 Å². The average molecular weight is 414 g/mol. The van der Waals surface area contributed by atoms with Crippen LogP contribution in [-0.4, -0.2) is 29.9 Å². The van der Waals surface area contributed by atoms with Gasteiger partial charge in [-0.1, -0.05) is 31.4 Å². The molecular formula is C21H23N3O2S2. The van der Waals surface area contributed by atoms with Crippen LogP contribution in [0.15, 0.2) is 36.4 Å². The number of fused-ring (bicyclic) bond motifs is 1. The summed E-state index contributed by atoms with van der Waals surface area (Å²) in [4.78, 5) is 30.8. The molecule has 0 spiro atoms. The first-order chi connectivity index (χ1) is 13.7. The summed E-state index contributed by atoms with van der Waals surface area (Å²) in [5.41, 5.74) is 0.982. The molecule has 0 bridgehead atoms. The second-order valence-corrected chi connectivity index (χ2v) is 9.15. The number of nitrogens with one attached hydrogen (secondary N) is 2. The number of carbonyl (C=O) groups is 2. The quantitative estimate of drug-likeness (QED) is 0.587. The molecule has 28 heavy (non-hydrogen) atoms. The molecule has 0 saturated heterocycles. The fourth-order valence-corrected chi connectivity index (χ4v) is 5.45. The van der Waals surface area contributed by atoms with Gasteiger partial charge in [0.15, 0.2) is 0 Å². The van der Waals surface area contributed by atoms with E-state index in [1.807, 2.05) is 30.3 Å². The van der Waals surface area contributed by atoms with Gasteiger partial charge in [-0.2, -0.15) is 0 Å². The van der Waals surface area contributed by atoms with Gasteiger partial charge in [0.2, 0.25) is 5.91 Å². The zero-order valence-corrected chi connectivity index (χ0v) is 17.2. The minimum atomic E-state index is -0.107. The largest absolute Gasteiger partial charge is 0.354 e. The molecule has 7 heteroatoms. The van der Waals surface area contributed by atoms with Crippen molar-refractivity contribution >= 4 is 44.7 Å². The highest BCUT2D eigenvalue weighted by Gasteiger charge is 2.20. The third-order valence-electron chi connectivity index (χ3n) is 5.02. The molecule has 0 atom stereocenters. The lowest BCUT2D eigenvalue weighted by Gasteiger charge is -2.20. The van der Waals surface area contributed by atoms with Crippen molar-refractivity contribution in [3.63, 3.8) is 0 Å². The number of nitrogens with zero attached hydrogens (tertiary/aromatic N) is 1. The van der Waals surface area contributed by atoms with Crippen LogP contribution in [-0.2, 0) is 4.79 Å². The summed E-state index contributed by atoms with van der Waals surface area (Å²) in [5, 5.41) is 6.77. The lowest BCUT2D eigenvalue weighted by molar-refractivity contribution is -0.125. The van der Waals surface area contributed by atoms with Crippen molar-refractivity contribution in [2.45, 2.75) is 32.1 Å². The van der Waals surface area contributed by atoms with E-state index in [0.717, 1.165) is 45.8 Å². The highest BCUT2D eigenvalue weighted by atomic mass is 32.1. The summed E-state index contributed by atoms with van der Waals surface area (Å²) in [6.45, 7) is 0.906. The van der Waals surface area contributed by atoms with Crippen LogP contribution in [0.5, 0.6) is 0 Å². The van der Waals surface area contributed by atoms with Gasteiger partial charge in [0.05, 0.1) is 20.0 Å². The van der Waals surface area contributed by atoms with Gasteiger partial charge in [-0.3, -0.25) is 9.59 Å². The zero-order valence-electron chi connectivity index (χ0n) is 15.6. The van der Waals surface area contributed by atoms with Gasteiger partial charge in [-0.25, -0.2) is 4.98 Å². The first kappa shape index (κ1) is 19.1. The van der Waals surface area contributed by atoms with Gasteiger partial charge in [-0.05, 0) is 37.1 Å². The van der Waals surface area contributed by atoms with E-state index in [9.17, 15) is 9.59 Å². The van der Waals surface area contributed by atoms with E-state index < -0.39 is 0 Å². The van der Waals surface area contributed by atoms with E-state index >= 15 is 0 Å². The molecule has 0 aliphatic heterocycles. The fourth-order valence-electron chi connectivity index (χ4n) is 3.51. The molecule has 0 radical (unpaired) electrons. The van der Waals surface area contributed by atoms with Crippen LogP contribution in [0.2, 0.25) is 0 Å². The van der Waals surface area contributed by atoms with E-state index in [1.165, 1.54) is 17.8 Å². The first-order valence-electron chi connectivity index (χ1n) is 9.72. The Hall–Kier alpha value is -2.25. The molecule has 3 aromatic rings. The minimum absolute atomic E-state index is 0.107. The number of aromatic nitrogens is 1. The molecule has 1 saturated carbocycles. The Morgan fingerprint density at radius 3 is 2.57 bits per heavy atom. The Morgan fingerprint density at radius 1 is 0.964 bits per heavy atom. The number of thiazole rings is 1. The number of amides is 2. The number of thiophene rings is 1. The van der Waals surface area contributed by atoms with Crippen LogP contribution in [0.25, 0.3) is 20.1 Å². The monoisotopic (exact) mass is 413 g/mol. The maximum Gasteiger partial charge on any atom is 0.261 e. The summed E-state index contributed by atoms with van der Waals surface area (Å²) >= 11 is 3.08. The number of carbonyl (C=O) groups excluding carboxylic acids is 2. The molecule has 2 amide bonds. The van der Waals surface area contributed by atoms with Gasteiger partial charge < -0.3 is 10.6 Å². The summed E-state index contributed by atoms with van der Waals surface area (Å²) in [6.07, 6.45) is 5.50. The molecule has 146 valence electrons. The predicted molar refractivity (Wildman–Crippen MR) is 115 cm³/mol. The molecule has 2 aromatic heterocycles. The van der Waals surface area contributed by atoms with Crippen molar-refractivity contribution in [1.82, 2.24) is 15.6 Å². The summed E-state index contributed by atoms with van der Waals surface area (Å²) in [7, 11) is 0. The SMILES string of the molecule is O=C(NCCNC(=O)C1CCCCC1)c1ccc(-c2nc3ccccc3s2)s1. The van der Waals surface area contributed by atoms with Crippen molar-refractivity contribution in [2.24, 2.45) is 5.92 Å². The van der Waals surface area contributed by atoms with Crippen LogP contribution in [0.1, 0.15) is 41.8 Å². The Labute approximate surface area is 172 Å². The predicted octanol–water partition coefficient (Wildman–Crippen LogP) is 4.45. The normalized spacial score (nSPS) is 14.9. The third kappa shape index (κ3) is 4.42. The number of rotatable bonds is 6. The van der Waals surface area contributed by atoms with Crippen molar-refractivity contribution < 1.29 is 9.59 Å². The number of benzene rings is 1. The summed E-state index contributed by atoms with van der Waals surface area (Å²) in [6, 6.07) is 11.8. The number of hydrogen-bond donors (Lipinski definition) is 2. The van der Waals surface area contributed by atoms with Crippen molar-refractivity contribution in [3.05, 3.63) is 41.3 Å². The molecule has 2 heterocycles. The molecular weight excluding hydrogens is 390 g/mol. The lowest BCUT2D eigenvalue weighted by atomic mass is 9.89. The highest BCUT2D eigenvalue weighted by molar-refractivity contribution is 7.26. The highest BCUT2D eigenvalue weighted by Crippen LogP contribution is 2.34. The Kier molecular flexibility index (Phi) is 6.02. The number of hydrogen-bond acceptors (Lipinski definition) is 5. The molecule has 1 aliphatic rings. The van der Waals surface area contributed by atoms with Crippen LogP contribution in [0.4, 0.5) is 0 Å². The smallest absolute Gasteiger partial charge is 0.261 e. The molecule has 2 N–H and O–H groups in total. The topological polar surface area (TPSA) is 71.1 Å². The maximum atomic E-state index is 12.4. The number of para-hydroxylation sites is 1. The minimum Gasteiger partial charge on any atom is -0.354 e. The Morgan fingerprint density at radius 2 is 1.75 bits per heavy atom. The molecule has 4 rings (SSSR count). The standard InChI is InChI=1S/C21H23N3O2S2/c25-19(14-6-2-1-3-7-14)22-12-13-23-20(26)17-10-11-18(27-17)21-24-15-8-4-5-9-16(15)28-21/h4-5,8-11,14H,1-3,6-7,12-13H2,(H,22,25)(H,23,26). The Bertz CT molecular complexity index is 940. The van der Waals surface area contributed by atoms with Crippen LogP contribution in [0.3, 0.4) is 0 Å². The Balaban J connectivity index is 1.28. The van der Waals surface area contributed by atoms with Crippen LogP contribution >= 0.6 is 22.7 Å². The molecule has 1 fully saturated rings. The van der Waals surface area contributed by atoms with E-state index in [-0.39, 0.29) is 17.7 Å². The van der Waals surface area contributed by atoms with E-state index in [0.29, 0.717) is 18.0 Å². The van der Waals surface area contributed by atoms with Crippen molar-refractivity contribution in [2.75, 3.05) is 13.1 Å². The molecule has 1 aromatic carbocycles. The first-order valence-corrected chi connectivity index (χ1v) is 11.4. The van der Waals surface area contributed by atoms with Crippen LogP contribution in [0, 0.1) is 5.92 Å². The maximum absolute atomic E-state index is 12.4. The third-order valence-corrected chi connectivity index (χ3v) is 7.31. The second-order valence-electron chi connectivity index (χ2n) is 7.03. The molecule has 0 unspecified atom stereocenters. The molecule has 1 aliphatic carbocycles. The lowest BCUT2D eigenvalue weighted by Crippen LogP contribution is -2.38. The summed E-state index contributed by atoms with van der Waals surface area (Å²) in [5.74, 6) is 0.172. The average Bonchev–Trinajstić information content (AvgIpc) is 3.38. The van der Waals surface area contributed by atoms with Crippen LogP contribution < -0.4 is 10.6 Å². The van der Waals surface area contributed by atoms with Gasteiger partial charge in [0.1, 0.15) is 5.01 Å². The van der Waals surface area contributed by atoms with Crippen molar-refractivity contribution in [3.8, 4) is 9.88 Å². The zero-order chi connectivity index (χ0) is 19.3. The van der Waals surface area contributed by atoms with Gasteiger partial charge in [-0.15, -0.1) is 22.7 Å². The summed E-state index contributed by atoms with van der Waals surface area (Å²) < 4.78 is 1.14. The fraction of sp³-hybridized carbons (Fsp3) is 0.381. The van der Waals surface area contributed by atoms with Gasteiger partial charge in [0, 0.05) is 19.0 Å². The van der Waals surface area contributed by atoms with Gasteiger partial charge >= 0.3 is 0 Å². The van der Waals surface area contributed by atoms with E-state index in [1.54, 1.807) is 11.3 Å². The van der Waals surface area contributed by atoms with Gasteiger partial charge in [0.25, 0.3) is 5.91 Å². The molecule has 5 nitrogen and oxygen atoms in total.